The molecule has 0 radical (unpaired) electrons. The number of benzene rings is 1. The lowest BCUT2D eigenvalue weighted by atomic mass is 10.1. The van der Waals surface area contributed by atoms with Crippen LogP contribution < -0.4 is 20.3 Å². The zero-order chi connectivity index (χ0) is 26.9. The minimum Gasteiger partial charge on any atom is -0.379 e. The number of ether oxygens (including phenoxy) is 2. The Bertz CT molecular complexity index is 1200. The van der Waals surface area contributed by atoms with E-state index < -0.39 is 0 Å². The third-order valence-corrected chi connectivity index (χ3v) is 7.86. The topological polar surface area (TPSA) is 99.8 Å². The number of hydrogen-bond donors (Lipinski definition) is 2. The number of aromatic nitrogens is 2. The van der Waals surface area contributed by atoms with Gasteiger partial charge in [-0.3, -0.25) is 4.79 Å². The summed E-state index contributed by atoms with van der Waals surface area (Å²) in [6.45, 7) is 5.52. The molecule has 0 spiro atoms. The maximum atomic E-state index is 12.1. The minimum absolute atomic E-state index is 0.0179. The zero-order valence-electron chi connectivity index (χ0n) is 21.9. The van der Waals surface area contributed by atoms with Crippen LogP contribution in [0.15, 0.2) is 78.0 Å². The number of nitrogens with zero attached hydrogens (tertiary/aromatic N) is 3. The van der Waals surface area contributed by atoms with Gasteiger partial charge in [-0.05, 0) is 36.2 Å². The minimum atomic E-state index is -0.0179. The standard InChI is InChI=1S/C28H35N5O5S/c29-37-38-39-26-9-7-23(8-10-26)11-13-30-27(34)12-17-35-19-20-36-18-16-33-21-24-5-1-3-14-31(24)28(33)32-15-4-2-6-25(32)22-33/h1-10,14-15,28H,11-13,16-22,29H2/q+2/p+1. The molecule has 4 heterocycles. The number of carbonyl (C=O) groups excluding carboxylic acids is 1. The number of carbonyl (C=O) groups is 1. The SMILES string of the molecule is NOOSc1ccc(CCNC(=O)CCOCCOCC[N+]23Cc4cccc[n+]4C2[n+]2ccccc2C3)cc1. The van der Waals surface area contributed by atoms with Crippen molar-refractivity contribution < 1.29 is 37.2 Å². The molecule has 206 valence electrons. The van der Waals surface area contributed by atoms with Gasteiger partial charge < -0.3 is 14.8 Å². The lowest BCUT2D eigenvalue weighted by Crippen LogP contribution is -2.62. The fourth-order valence-corrected chi connectivity index (χ4v) is 5.80. The Morgan fingerprint density at radius 1 is 0.923 bits per heavy atom. The molecule has 0 saturated carbocycles. The van der Waals surface area contributed by atoms with Crippen molar-refractivity contribution >= 4 is 17.9 Å². The monoisotopic (exact) mass is 554 g/mol. The molecule has 0 saturated heterocycles. The number of rotatable bonds is 15. The molecule has 1 amide bonds. The van der Waals surface area contributed by atoms with Crippen molar-refractivity contribution in [1.29, 1.82) is 0 Å². The molecule has 11 heteroatoms. The van der Waals surface area contributed by atoms with Crippen LogP contribution in [0.1, 0.15) is 29.7 Å². The molecule has 10 nitrogen and oxygen atoms in total. The van der Waals surface area contributed by atoms with Crippen LogP contribution in [0.5, 0.6) is 0 Å². The van der Waals surface area contributed by atoms with Gasteiger partial charge in [-0.2, -0.15) is 10.4 Å². The van der Waals surface area contributed by atoms with Crippen molar-refractivity contribution in [3.8, 4) is 0 Å². The van der Waals surface area contributed by atoms with Crippen molar-refractivity contribution in [3.05, 3.63) is 90.0 Å². The average Bonchev–Trinajstić information content (AvgIpc) is 3.44. The Balaban J connectivity index is 0.952. The van der Waals surface area contributed by atoms with Gasteiger partial charge in [-0.25, -0.2) is 0 Å². The second-order valence-corrected chi connectivity index (χ2v) is 10.5. The highest BCUT2D eigenvalue weighted by atomic mass is 32.2. The average molecular weight is 555 g/mol. The molecule has 0 aliphatic carbocycles. The van der Waals surface area contributed by atoms with Gasteiger partial charge in [-0.15, -0.1) is 9.32 Å². The Hall–Kier alpha value is -2.90. The summed E-state index contributed by atoms with van der Waals surface area (Å²) in [5.41, 5.74) is 3.82. The second kappa shape index (κ2) is 13.4. The lowest BCUT2D eigenvalue weighted by molar-refractivity contribution is -1.16. The molecule has 39 heavy (non-hydrogen) atoms. The molecule has 0 fully saturated rings. The van der Waals surface area contributed by atoms with Gasteiger partial charge in [-0.1, -0.05) is 21.3 Å². The normalized spacial score (nSPS) is 18.9. The smallest absolute Gasteiger partial charge is 0.379 e. The van der Waals surface area contributed by atoms with Gasteiger partial charge in [0.25, 0.3) is 0 Å². The molecule has 0 atom stereocenters. The molecule has 2 aromatic heterocycles. The summed E-state index contributed by atoms with van der Waals surface area (Å²) in [6, 6.07) is 20.7. The Morgan fingerprint density at radius 3 is 2.26 bits per heavy atom. The highest BCUT2D eigenvalue weighted by molar-refractivity contribution is 7.94. The quantitative estimate of drug-likeness (QED) is 0.0737. The number of nitrogens with one attached hydrogen (secondary N) is 1. The maximum absolute atomic E-state index is 12.1. The van der Waals surface area contributed by atoms with E-state index >= 15 is 0 Å². The highest BCUT2D eigenvalue weighted by Gasteiger charge is 2.64. The summed E-state index contributed by atoms with van der Waals surface area (Å²) >= 11 is 1.04. The van der Waals surface area contributed by atoms with Crippen molar-refractivity contribution in [2.45, 2.75) is 37.1 Å². The number of amides is 1. The highest BCUT2D eigenvalue weighted by Crippen LogP contribution is 2.33. The number of pyridine rings is 2. The molecule has 3 N–H and O–H groups in total. The summed E-state index contributed by atoms with van der Waals surface area (Å²) < 4.78 is 22.0. The third kappa shape index (κ3) is 6.82. The van der Waals surface area contributed by atoms with Gasteiger partial charge >= 0.3 is 6.29 Å². The van der Waals surface area contributed by atoms with Gasteiger partial charge in [0, 0.05) is 42.1 Å². The van der Waals surface area contributed by atoms with E-state index in [1.54, 1.807) is 0 Å². The summed E-state index contributed by atoms with van der Waals surface area (Å²) in [4.78, 5) is 17.1. The molecule has 0 bridgehead atoms. The van der Waals surface area contributed by atoms with Crippen LogP contribution >= 0.6 is 12.0 Å². The predicted octanol–water partition coefficient (Wildman–Crippen LogP) is 1.72. The Morgan fingerprint density at radius 2 is 1.59 bits per heavy atom. The molecule has 1 aromatic carbocycles. The van der Waals surface area contributed by atoms with Gasteiger partial charge in [0.2, 0.25) is 17.3 Å². The summed E-state index contributed by atoms with van der Waals surface area (Å²) in [7, 11) is 0. The van der Waals surface area contributed by atoms with Crippen molar-refractivity contribution in [1.82, 2.24) is 5.32 Å². The van der Waals surface area contributed by atoms with E-state index in [-0.39, 0.29) is 12.2 Å². The number of quaternary nitrogens is 1. The first-order valence-electron chi connectivity index (χ1n) is 13.2. The first-order valence-corrected chi connectivity index (χ1v) is 14.0. The molecular weight excluding hydrogens is 518 g/mol. The first kappa shape index (κ1) is 27.7. The largest absolute Gasteiger partial charge is 0.484 e. The molecule has 2 aliphatic heterocycles. The van der Waals surface area contributed by atoms with Crippen LogP contribution in [0.3, 0.4) is 0 Å². The van der Waals surface area contributed by atoms with E-state index in [0.717, 1.165) is 53.0 Å². The number of nitrogens with two attached hydrogens (primary N) is 1. The van der Waals surface area contributed by atoms with E-state index in [1.165, 1.54) is 11.4 Å². The fourth-order valence-electron chi connectivity index (χ4n) is 5.44. The summed E-state index contributed by atoms with van der Waals surface area (Å²) in [5, 5.41) is 2.94. The van der Waals surface area contributed by atoms with Gasteiger partial charge in [0.15, 0.2) is 25.5 Å². The van der Waals surface area contributed by atoms with Crippen LogP contribution in [0.25, 0.3) is 0 Å². The predicted molar refractivity (Wildman–Crippen MR) is 142 cm³/mol. The molecule has 5 rings (SSSR count). The Labute approximate surface area is 232 Å². The second-order valence-electron chi connectivity index (χ2n) is 9.77. The van der Waals surface area contributed by atoms with E-state index in [4.69, 9.17) is 15.4 Å². The zero-order valence-corrected chi connectivity index (χ0v) is 22.8. The van der Waals surface area contributed by atoms with E-state index in [1.807, 2.05) is 24.3 Å². The molecule has 3 aromatic rings. The molecule has 0 unspecified atom stereocenters. The maximum Gasteiger partial charge on any atom is 0.484 e. The van der Waals surface area contributed by atoms with Gasteiger partial charge in [0.05, 0.1) is 38.5 Å². The van der Waals surface area contributed by atoms with Crippen LogP contribution in [0.4, 0.5) is 0 Å². The summed E-state index contributed by atoms with van der Waals surface area (Å²) in [6.07, 6.45) is 5.69. The third-order valence-electron chi connectivity index (χ3n) is 7.25. The van der Waals surface area contributed by atoms with Crippen molar-refractivity contribution in [2.24, 2.45) is 5.90 Å². The van der Waals surface area contributed by atoms with Crippen molar-refractivity contribution in [3.63, 3.8) is 0 Å². The van der Waals surface area contributed by atoms with Crippen LogP contribution in [0.2, 0.25) is 0 Å². The van der Waals surface area contributed by atoms with E-state index in [2.05, 4.69) is 72.6 Å². The molecular formula is C28H36N5O5S+3. The fraction of sp³-hybridized carbons (Fsp3) is 0.393. The Kier molecular flexibility index (Phi) is 9.53. The molecule has 2 aliphatic rings. The summed E-state index contributed by atoms with van der Waals surface area (Å²) in [5.74, 6) is 4.81. The van der Waals surface area contributed by atoms with E-state index in [0.29, 0.717) is 39.4 Å². The van der Waals surface area contributed by atoms with Gasteiger partial charge in [0.1, 0.15) is 6.54 Å². The van der Waals surface area contributed by atoms with Crippen molar-refractivity contribution in [2.75, 3.05) is 39.5 Å². The number of hydrogen-bond acceptors (Lipinski definition) is 7. The van der Waals surface area contributed by atoms with Crippen LogP contribution in [-0.2, 0) is 43.1 Å². The lowest BCUT2D eigenvalue weighted by Gasteiger charge is -2.24. The number of fused-ring (bicyclic) bond motifs is 5. The van der Waals surface area contributed by atoms with Crippen LogP contribution in [-0.4, -0.2) is 49.9 Å². The first-order chi connectivity index (χ1) is 19.2. The van der Waals surface area contributed by atoms with Crippen LogP contribution in [0, 0.1) is 0 Å². The van der Waals surface area contributed by atoms with E-state index in [9.17, 15) is 4.79 Å².